The van der Waals surface area contributed by atoms with E-state index in [1.54, 1.807) is 0 Å². The molecule has 0 saturated heterocycles. The van der Waals surface area contributed by atoms with E-state index in [1.807, 2.05) is 0 Å². The fraction of sp³-hybridized carbons (Fsp3) is 0.348. The van der Waals surface area contributed by atoms with Crippen LogP contribution in [0.3, 0.4) is 0 Å². The van der Waals surface area contributed by atoms with Gasteiger partial charge in [0, 0.05) is 38.2 Å². The van der Waals surface area contributed by atoms with Crippen molar-refractivity contribution in [3.05, 3.63) is 88.8 Å². The molecule has 0 unspecified atom stereocenters. The number of rotatable bonds is 6. The monoisotopic (exact) mass is 361 g/mol. The summed E-state index contributed by atoms with van der Waals surface area (Å²) < 4.78 is 5.80. The minimum Gasteiger partial charge on any atom is -0.361 e. The molecule has 0 saturated carbocycles. The molecule has 4 nitrogen and oxygen atoms in total. The molecule has 0 N–H and O–H groups in total. The lowest BCUT2D eigenvalue weighted by Crippen LogP contribution is -2.35. The molecule has 1 aliphatic rings. The summed E-state index contributed by atoms with van der Waals surface area (Å²) in [4.78, 5) is 4.75. The maximum atomic E-state index is 5.80. The van der Waals surface area contributed by atoms with Crippen LogP contribution >= 0.6 is 0 Å². The Morgan fingerprint density at radius 2 is 1.63 bits per heavy atom. The molecule has 27 heavy (non-hydrogen) atoms. The number of hydrogen-bond donors (Lipinski definition) is 0. The van der Waals surface area contributed by atoms with Crippen LogP contribution in [0.15, 0.2) is 65.2 Å². The van der Waals surface area contributed by atoms with Crippen LogP contribution in [-0.4, -0.2) is 48.7 Å². The molecule has 0 aliphatic carbocycles. The fourth-order valence-corrected chi connectivity index (χ4v) is 3.84. The molecule has 0 spiro atoms. The second-order valence-electron chi connectivity index (χ2n) is 7.55. The third-order valence-corrected chi connectivity index (χ3v) is 5.34. The van der Waals surface area contributed by atoms with Gasteiger partial charge in [-0.15, -0.1) is 0 Å². The zero-order chi connectivity index (χ0) is 18.6. The molecule has 0 atom stereocenters. The highest BCUT2D eigenvalue weighted by molar-refractivity contribution is 5.44. The molecule has 2 aromatic carbocycles. The summed E-state index contributed by atoms with van der Waals surface area (Å²) in [6.45, 7) is 4.09. The Bertz CT molecular complexity index is 818. The zero-order valence-electron chi connectivity index (χ0n) is 16.1. The zero-order valence-corrected chi connectivity index (χ0v) is 16.1. The molecule has 0 bridgehead atoms. The number of nitrogens with zero attached hydrogens (tertiary/aromatic N) is 3. The first-order chi connectivity index (χ1) is 13.2. The van der Waals surface area contributed by atoms with Gasteiger partial charge < -0.3 is 9.42 Å². The van der Waals surface area contributed by atoms with Gasteiger partial charge in [-0.3, -0.25) is 4.90 Å². The highest BCUT2D eigenvalue weighted by Crippen LogP contribution is 2.36. The lowest BCUT2D eigenvalue weighted by Gasteiger charge is -2.28. The number of fused-ring (bicyclic) bond motifs is 1. The van der Waals surface area contributed by atoms with Gasteiger partial charge in [0.2, 0.25) is 0 Å². The van der Waals surface area contributed by atoms with Crippen molar-refractivity contribution in [1.82, 2.24) is 15.0 Å². The number of likely N-dealkylation sites (N-methyl/N-ethyl adjacent to an activating group) is 1. The molecular formula is C23H27N3O. The lowest BCUT2D eigenvalue weighted by atomic mass is 9.85. The predicted octanol–water partition coefficient (Wildman–Crippen LogP) is 3.77. The molecular weight excluding hydrogens is 334 g/mol. The summed E-state index contributed by atoms with van der Waals surface area (Å²) in [6, 6.07) is 21.3. The Balaban J connectivity index is 1.70. The maximum Gasteiger partial charge on any atom is 0.142 e. The molecule has 0 fully saturated rings. The van der Waals surface area contributed by atoms with Gasteiger partial charge in [-0.2, -0.15) is 0 Å². The van der Waals surface area contributed by atoms with E-state index in [0.717, 1.165) is 44.1 Å². The first-order valence-corrected chi connectivity index (χ1v) is 9.66. The van der Waals surface area contributed by atoms with Crippen LogP contribution in [-0.2, 0) is 13.0 Å². The Kier molecular flexibility index (Phi) is 5.37. The van der Waals surface area contributed by atoms with Gasteiger partial charge in [0.1, 0.15) is 11.5 Å². The van der Waals surface area contributed by atoms with Crippen molar-refractivity contribution in [2.45, 2.75) is 18.9 Å². The van der Waals surface area contributed by atoms with Gasteiger partial charge in [0.05, 0.1) is 5.92 Å². The first kappa shape index (κ1) is 18.0. The van der Waals surface area contributed by atoms with Crippen LogP contribution in [0, 0.1) is 0 Å². The number of aromatic nitrogens is 1. The minimum atomic E-state index is 0.105. The predicted molar refractivity (Wildman–Crippen MR) is 108 cm³/mol. The van der Waals surface area contributed by atoms with Crippen molar-refractivity contribution < 1.29 is 4.52 Å². The van der Waals surface area contributed by atoms with Crippen LogP contribution in [0.25, 0.3) is 0 Å². The van der Waals surface area contributed by atoms with E-state index in [0.29, 0.717) is 0 Å². The SMILES string of the molecule is CN(C)CCN1CCc2onc(C(c3ccccc3)c3ccccc3)c2C1. The summed E-state index contributed by atoms with van der Waals surface area (Å²) in [5.74, 6) is 1.16. The van der Waals surface area contributed by atoms with E-state index in [-0.39, 0.29) is 5.92 Å². The van der Waals surface area contributed by atoms with Gasteiger partial charge in [0.25, 0.3) is 0 Å². The topological polar surface area (TPSA) is 32.5 Å². The number of hydrogen-bond acceptors (Lipinski definition) is 4. The maximum absolute atomic E-state index is 5.80. The smallest absolute Gasteiger partial charge is 0.142 e. The summed E-state index contributed by atoms with van der Waals surface area (Å²) in [6.07, 6.45) is 0.937. The summed E-state index contributed by atoms with van der Waals surface area (Å²) >= 11 is 0. The summed E-state index contributed by atoms with van der Waals surface area (Å²) in [7, 11) is 4.25. The molecule has 1 aromatic heterocycles. The van der Waals surface area contributed by atoms with Crippen molar-refractivity contribution in [2.24, 2.45) is 0 Å². The fourth-order valence-electron chi connectivity index (χ4n) is 3.84. The largest absolute Gasteiger partial charge is 0.361 e. The van der Waals surface area contributed by atoms with Crippen molar-refractivity contribution in [3.63, 3.8) is 0 Å². The van der Waals surface area contributed by atoms with Crippen LogP contribution < -0.4 is 0 Å². The summed E-state index contributed by atoms with van der Waals surface area (Å²) in [5, 5.41) is 4.57. The van der Waals surface area contributed by atoms with Gasteiger partial charge in [-0.05, 0) is 25.2 Å². The van der Waals surface area contributed by atoms with Crippen LogP contribution in [0.5, 0.6) is 0 Å². The summed E-state index contributed by atoms with van der Waals surface area (Å²) in [5.41, 5.74) is 4.85. The number of benzene rings is 2. The Morgan fingerprint density at radius 3 is 2.22 bits per heavy atom. The minimum absolute atomic E-state index is 0.105. The quantitative estimate of drug-likeness (QED) is 0.669. The second-order valence-corrected chi connectivity index (χ2v) is 7.55. The van der Waals surface area contributed by atoms with Gasteiger partial charge >= 0.3 is 0 Å². The second kappa shape index (κ2) is 8.07. The molecule has 3 aromatic rings. The molecule has 1 aliphatic heterocycles. The third-order valence-electron chi connectivity index (χ3n) is 5.34. The van der Waals surface area contributed by atoms with E-state index in [4.69, 9.17) is 4.52 Å². The lowest BCUT2D eigenvalue weighted by molar-refractivity contribution is 0.213. The van der Waals surface area contributed by atoms with Gasteiger partial charge in [0.15, 0.2) is 0 Å². The molecule has 2 heterocycles. The molecule has 0 radical (unpaired) electrons. The van der Waals surface area contributed by atoms with Gasteiger partial charge in [-0.1, -0.05) is 65.8 Å². The standard InChI is InChI=1S/C23H27N3O/c1-25(2)15-16-26-14-13-21-20(17-26)23(24-27-21)22(18-9-5-3-6-10-18)19-11-7-4-8-12-19/h3-12,22H,13-17H2,1-2H3. The Labute approximate surface area is 161 Å². The third kappa shape index (κ3) is 3.97. The average Bonchev–Trinajstić information content (AvgIpc) is 3.11. The highest BCUT2D eigenvalue weighted by Gasteiger charge is 2.29. The Hall–Kier alpha value is -2.43. The van der Waals surface area contributed by atoms with Crippen molar-refractivity contribution in [3.8, 4) is 0 Å². The van der Waals surface area contributed by atoms with Crippen molar-refractivity contribution in [2.75, 3.05) is 33.7 Å². The van der Waals surface area contributed by atoms with Crippen LogP contribution in [0.2, 0.25) is 0 Å². The normalized spacial score (nSPS) is 14.7. The first-order valence-electron chi connectivity index (χ1n) is 9.66. The average molecular weight is 361 g/mol. The van der Waals surface area contributed by atoms with E-state index in [9.17, 15) is 0 Å². The van der Waals surface area contributed by atoms with E-state index < -0.39 is 0 Å². The van der Waals surface area contributed by atoms with E-state index >= 15 is 0 Å². The van der Waals surface area contributed by atoms with Crippen LogP contribution in [0.1, 0.15) is 34.1 Å². The molecule has 140 valence electrons. The van der Waals surface area contributed by atoms with E-state index in [2.05, 4.69) is 89.7 Å². The highest BCUT2D eigenvalue weighted by atomic mass is 16.5. The molecule has 4 heteroatoms. The van der Waals surface area contributed by atoms with Crippen molar-refractivity contribution >= 4 is 0 Å². The van der Waals surface area contributed by atoms with Crippen molar-refractivity contribution in [1.29, 1.82) is 0 Å². The Morgan fingerprint density at radius 1 is 1.00 bits per heavy atom. The molecule has 4 rings (SSSR count). The van der Waals surface area contributed by atoms with E-state index in [1.165, 1.54) is 16.7 Å². The van der Waals surface area contributed by atoms with Crippen LogP contribution in [0.4, 0.5) is 0 Å². The van der Waals surface area contributed by atoms with Gasteiger partial charge in [-0.25, -0.2) is 0 Å². The molecule has 0 amide bonds.